The Kier molecular flexibility index (Phi) is 2.87. The van der Waals surface area contributed by atoms with E-state index in [1.165, 1.54) is 6.07 Å². The van der Waals surface area contributed by atoms with E-state index in [-0.39, 0.29) is 11.5 Å². The van der Waals surface area contributed by atoms with Crippen LogP contribution in [0.2, 0.25) is 0 Å². The van der Waals surface area contributed by atoms with E-state index in [4.69, 9.17) is 4.42 Å². The van der Waals surface area contributed by atoms with Crippen LogP contribution < -0.4 is 0 Å². The average molecular weight is 254 g/mol. The zero-order valence-corrected chi connectivity index (χ0v) is 10.5. The lowest BCUT2D eigenvalue weighted by atomic mass is 10.2. The Bertz CT molecular complexity index is 638. The monoisotopic (exact) mass is 254 g/mol. The molecule has 0 aliphatic carbocycles. The van der Waals surface area contributed by atoms with Crippen LogP contribution in [0.15, 0.2) is 28.7 Å². The number of aromatic hydroxyl groups is 1. The molecule has 0 radical (unpaired) electrons. The van der Waals surface area contributed by atoms with Crippen molar-refractivity contribution in [2.75, 3.05) is 0 Å². The Morgan fingerprint density at radius 2 is 2.06 bits per heavy atom. The van der Waals surface area contributed by atoms with Crippen molar-refractivity contribution in [1.82, 2.24) is 0 Å². The van der Waals surface area contributed by atoms with Gasteiger partial charge in [-0.25, -0.2) is 8.42 Å². The van der Waals surface area contributed by atoms with Crippen LogP contribution in [-0.2, 0) is 15.6 Å². The van der Waals surface area contributed by atoms with E-state index in [1.54, 1.807) is 32.0 Å². The Morgan fingerprint density at radius 1 is 1.35 bits per heavy atom. The number of sulfone groups is 1. The Hall–Kier alpha value is -1.49. The molecular formula is C12H14O4S. The molecule has 0 spiro atoms. The maximum absolute atomic E-state index is 11.7. The van der Waals surface area contributed by atoms with Crippen molar-refractivity contribution < 1.29 is 17.9 Å². The van der Waals surface area contributed by atoms with Crippen molar-refractivity contribution >= 4 is 20.8 Å². The van der Waals surface area contributed by atoms with Crippen LogP contribution in [-0.4, -0.2) is 18.8 Å². The van der Waals surface area contributed by atoms with Crippen molar-refractivity contribution in [3.05, 3.63) is 30.0 Å². The number of benzene rings is 1. The number of hydrogen-bond donors (Lipinski definition) is 1. The molecule has 0 bridgehead atoms. The number of phenols is 1. The van der Waals surface area contributed by atoms with E-state index >= 15 is 0 Å². The van der Waals surface area contributed by atoms with Gasteiger partial charge >= 0.3 is 0 Å². The second kappa shape index (κ2) is 4.07. The Balaban J connectivity index is 2.42. The highest BCUT2D eigenvalue weighted by molar-refractivity contribution is 7.91. The molecule has 0 saturated carbocycles. The molecule has 0 amide bonds. The average Bonchev–Trinajstić information content (AvgIpc) is 2.60. The molecule has 92 valence electrons. The molecule has 1 aromatic carbocycles. The third-order valence-corrected chi connectivity index (χ3v) is 4.76. The summed E-state index contributed by atoms with van der Waals surface area (Å²) in [7, 11) is -3.19. The summed E-state index contributed by atoms with van der Waals surface area (Å²) >= 11 is 0. The van der Waals surface area contributed by atoms with Crippen molar-refractivity contribution in [3.8, 4) is 5.75 Å². The second-order valence-corrected chi connectivity index (χ2v) is 6.82. The molecule has 0 fully saturated rings. The number of para-hydroxylation sites is 1. The molecule has 0 saturated heterocycles. The summed E-state index contributed by atoms with van der Waals surface area (Å²) in [6.45, 7) is 3.27. The van der Waals surface area contributed by atoms with Crippen molar-refractivity contribution in [3.63, 3.8) is 0 Å². The van der Waals surface area contributed by atoms with Crippen molar-refractivity contribution in [2.45, 2.75) is 24.9 Å². The number of furan rings is 1. The largest absolute Gasteiger partial charge is 0.504 e. The van der Waals surface area contributed by atoms with E-state index in [0.29, 0.717) is 16.7 Å². The predicted octanol–water partition coefficient (Wildman–Crippen LogP) is 2.46. The lowest BCUT2D eigenvalue weighted by molar-refractivity contribution is 0.460. The minimum absolute atomic E-state index is 0.0238. The third-order valence-electron chi connectivity index (χ3n) is 2.64. The number of fused-ring (bicyclic) bond motifs is 1. The fourth-order valence-corrected chi connectivity index (χ4v) is 2.41. The highest BCUT2D eigenvalue weighted by atomic mass is 32.2. The number of hydrogen-bond acceptors (Lipinski definition) is 4. The molecule has 2 aromatic rings. The third kappa shape index (κ3) is 2.29. The van der Waals surface area contributed by atoms with Crippen molar-refractivity contribution in [1.29, 1.82) is 0 Å². The lowest BCUT2D eigenvalue weighted by Gasteiger charge is -2.04. The van der Waals surface area contributed by atoms with Gasteiger partial charge in [-0.1, -0.05) is 12.1 Å². The molecule has 4 nitrogen and oxygen atoms in total. The molecule has 2 rings (SSSR count). The van der Waals surface area contributed by atoms with Crippen LogP contribution in [0.3, 0.4) is 0 Å². The standard InChI is InChI=1S/C12H14O4S/c1-8(2)17(14,15)7-10-6-9-4-3-5-11(13)12(9)16-10/h3-6,8,13H,7H2,1-2H3. The highest BCUT2D eigenvalue weighted by Gasteiger charge is 2.19. The van der Waals surface area contributed by atoms with Gasteiger partial charge in [-0.3, -0.25) is 0 Å². The smallest absolute Gasteiger partial charge is 0.175 e. The summed E-state index contributed by atoms with van der Waals surface area (Å²) in [6, 6.07) is 6.61. The number of phenolic OH excluding ortho intramolecular Hbond substituents is 1. The van der Waals surface area contributed by atoms with Gasteiger partial charge < -0.3 is 9.52 Å². The maximum atomic E-state index is 11.7. The van der Waals surface area contributed by atoms with Gasteiger partial charge in [0.1, 0.15) is 11.5 Å². The van der Waals surface area contributed by atoms with Gasteiger partial charge in [-0.05, 0) is 26.0 Å². The van der Waals surface area contributed by atoms with Crippen molar-refractivity contribution in [2.24, 2.45) is 0 Å². The maximum Gasteiger partial charge on any atom is 0.175 e. The molecule has 5 heteroatoms. The zero-order chi connectivity index (χ0) is 12.6. The molecule has 1 N–H and O–H groups in total. The van der Waals surface area contributed by atoms with Gasteiger partial charge in [0, 0.05) is 5.39 Å². The van der Waals surface area contributed by atoms with E-state index < -0.39 is 15.1 Å². The fraction of sp³-hybridized carbons (Fsp3) is 0.333. The zero-order valence-electron chi connectivity index (χ0n) is 9.67. The predicted molar refractivity (Wildman–Crippen MR) is 65.6 cm³/mol. The van der Waals surface area contributed by atoms with Crippen LogP contribution in [0.25, 0.3) is 11.0 Å². The molecule has 1 heterocycles. The Morgan fingerprint density at radius 3 is 2.65 bits per heavy atom. The lowest BCUT2D eigenvalue weighted by Crippen LogP contribution is -2.15. The first-order valence-corrected chi connectivity index (χ1v) is 7.03. The molecule has 0 aliphatic rings. The minimum atomic E-state index is -3.19. The van der Waals surface area contributed by atoms with Gasteiger partial charge in [0.2, 0.25) is 0 Å². The summed E-state index contributed by atoms with van der Waals surface area (Å²) in [5.41, 5.74) is 0.335. The minimum Gasteiger partial charge on any atom is -0.504 e. The molecule has 0 atom stereocenters. The van der Waals surface area contributed by atoms with Crippen LogP contribution in [0.5, 0.6) is 5.75 Å². The fourth-order valence-electron chi connectivity index (χ4n) is 1.54. The summed E-state index contributed by atoms with van der Waals surface area (Å²) in [4.78, 5) is 0. The molecule has 17 heavy (non-hydrogen) atoms. The SMILES string of the molecule is CC(C)S(=O)(=O)Cc1cc2cccc(O)c2o1. The molecule has 1 aromatic heterocycles. The Labute approximate surface area is 99.8 Å². The van der Waals surface area contributed by atoms with Gasteiger partial charge in [0.05, 0.1) is 5.25 Å². The van der Waals surface area contributed by atoms with Crippen LogP contribution in [0.4, 0.5) is 0 Å². The second-order valence-electron chi connectivity index (χ2n) is 4.26. The van der Waals surface area contributed by atoms with Gasteiger partial charge in [0.25, 0.3) is 0 Å². The van der Waals surface area contributed by atoms with E-state index in [9.17, 15) is 13.5 Å². The van der Waals surface area contributed by atoms with Crippen LogP contribution >= 0.6 is 0 Å². The van der Waals surface area contributed by atoms with Crippen LogP contribution in [0, 0.1) is 0 Å². The highest BCUT2D eigenvalue weighted by Crippen LogP contribution is 2.28. The summed E-state index contributed by atoms with van der Waals surface area (Å²) in [5.74, 6) is 0.240. The number of rotatable bonds is 3. The van der Waals surface area contributed by atoms with E-state index in [1.807, 2.05) is 0 Å². The summed E-state index contributed by atoms with van der Waals surface area (Å²) in [6.07, 6.45) is 0. The van der Waals surface area contributed by atoms with E-state index in [2.05, 4.69) is 0 Å². The first kappa shape index (κ1) is 12.0. The van der Waals surface area contributed by atoms with Crippen LogP contribution in [0.1, 0.15) is 19.6 Å². The first-order chi connectivity index (χ1) is 7.90. The topological polar surface area (TPSA) is 67.5 Å². The van der Waals surface area contributed by atoms with E-state index in [0.717, 1.165) is 0 Å². The van der Waals surface area contributed by atoms with Gasteiger partial charge in [-0.2, -0.15) is 0 Å². The summed E-state index contributed by atoms with van der Waals surface area (Å²) in [5, 5.41) is 9.82. The molecule has 0 aliphatic heterocycles. The molecule has 0 unspecified atom stereocenters. The normalized spacial score (nSPS) is 12.4. The molecular weight excluding hydrogens is 240 g/mol. The summed E-state index contributed by atoms with van der Waals surface area (Å²) < 4.78 is 28.8. The van der Waals surface area contributed by atoms with Gasteiger partial charge in [0.15, 0.2) is 21.2 Å². The first-order valence-electron chi connectivity index (χ1n) is 5.32. The quantitative estimate of drug-likeness (QED) is 0.913. The van der Waals surface area contributed by atoms with Gasteiger partial charge in [-0.15, -0.1) is 0 Å².